The van der Waals surface area contributed by atoms with E-state index in [9.17, 15) is 4.39 Å². The molecule has 2 nitrogen and oxygen atoms in total. The molecule has 0 aliphatic rings. The molecule has 1 atom stereocenters. The number of halogens is 2. The van der Waals surface area contributed by atoms with Gasteiger partial charge in [0, 0.05) is 4.47 Å². The number of ether oxygens (including phenoxy) is 1. The van der Waals surface area contributed by atoms with E-state index in [-0.39, 0.29) is 11.9 Å². The second-order valence-electron chi connectivity index (χ2n) is 4.90. The molecule has 2 rings (SSSR count). The molecule has 0 aromatic heterocycles. The minimum atomic E-state index is -0.215. The molecular formula is C17H19BrFNO. The van der Waals surface area contributed by atoms with Gasteiger partial charge in [0.25, 0.3) is 0 Å². The third-order valence-electron chi connectivity index (χ3n) is 3.28. The van der Waals surface area contributed by atoms with Gasteiger partial charge in [0.05, 0.1) is 12.6 Å². The Kier molecular flexibility index (Phi) is 5.37. The van der Waals surface area contributed by atoms with Crippen molar-refractivity contribution in [3.63, 3.8) is 0 Å². The Morgan fingerprint density at radius 2 is 2.00 bits per heavy atom. The van der Waals surface area contributed by atoms with Crippen molar-refractivity contribution in [1.29, 1.82) is 0 Å². The number of rotatable bonds is 5. The first-order valence-electron chi connectivity index (χ1n) is 6.91. The lowest BCUT2D eigenvalue weighted by Gasteiger charge is -2.20. The van der Waals surface area contributed by atoms with Crippen LogP contribution < -0.4 is 10.1 Å². The zero-order chi connectivity index (χ0) is 15.4. The Morgan fingerprint density at radius 3 is 2.57 bits per heavy atom. The van der Waals surface area contributed by atoms with Crippen molar-refractivity contribution in [1.82, 2.24) is 5.32 Å². The Bertz CT molecular complexity index is 610. The van der Waals surface area contributed by atoms with Gasteiger partial charge in [-0.3, -0.25) is 0 Å². The second kappa shape index (κ2) is 7.05. The molecule has 4 heteroatoms. The van der Waals surface area contributed by atoms with Crippen LogP contribution >= 0.6 is 15.9 Å². The van der Waals surface area contributed by atoms with Crippen molar-refractivity contribution in [2.24, 2.45) is 0 Å². The summed E-state index contributed by atoms with van der Waals surface area (Å²) < 4.78 is 20.1. The normalized spacial score (nSPS) is 12.2. The first-order chi connectivity index (χ1) is 10.0. The van der Waals surface area contributed by atoms with Crippen LogP contribution in [0.3, 0.4) is 0 Å². The lowest BCUT2D eigenvalue weighted by Crippen LogP contribution is -2.18. The largest absolute Gasteiger partial charge is 0.494 e. The highest BCUT2D eigenvalue weighted by molar-refractivity contribution is 9.10. The summed E-state index contributed by atoms with van der Waals surface area (Å²) in [6.45, 7) is 4.48. The van der Waals surface area contributed by atoms with Crippen LogP contribution in [0.15, 0.2) is 40.9 Å². The van der Waals surface area contributed by atoms with Crippen LogP contribution in [0.1, 0.15) is 29.7 Å². The van der Waals surface area contributed by atoms with Gasteiger partial charge in [-0.15, -0.1) is 0 Å². The molecule has 0 bridgehead atoms. The summed E-state index contributed by atoms with van der Waals surface area (Å²) in [5, 5.41) is 3.24. The molecule has 2 aromatic carbocycles. The van der Waals surface area contributed by atoms with Crippen LogP contribution in [0.5, 0.6) is 5.75 Å². The van der Waals surface area contributed by atoms with Crippen molar-refractivity contribution in [3.8, 4) is 5.75 Å². The van der Waals surface area contributed by atoms with E-state index in [1.165, 1.54) is 6.07 Å². The highest BCUT2D eigenvalue weighted by Gasteiger charge is 2.16. The monoisotopic (exact) mass is 351 g/mol. The van der Waals surface area contributed by atoms with Crippen molar-refractivity contribution in [2.75, 3.05) is 13.7 Å². The Balaban J connectivity index is 2.41. The minimum absolute atomic E-state index is 0.0792. The maximum atomic E-state index is 13.6. The van der Waals surface area contributed by atoms with Gasteiger partial charge >= 0.3 is 0 Å². The summed E-state index contributed by atoms with van der Waals surface area (Å²) in [6, 6.07) is 10.9. The summed E-state index contributed by atoms with van der Waals surface area (Å²) in [6.07, 6.45) is 0. The molecule has 0 radical (unpaired) electrons. The van der Waals surface area contributed by atoms with Gasteiger partial charge in [0.2, 0.25) is 0 Å². The first-order valence-corrected chi connectivity index (χ1v) is 7.71. The number of aryl methyl sites for hydroxylation is 1. The Morgan fingerprint density at radius 1 is 1.24 bits per heavy atom. The van der Waals surface area contributed by atoms with Crippen LogP contribution in [0.4, 0.5) is 4.39 Å². The number of hydrogen-bond donors (Lipinski definition) is 1. The molecule has 0 saturated carbocycles. The second-order valence-corrected chi connectivity index (χ2v) is 5.75. The van der Waals surface area contributed by atoms with Gasteiger partial charge in [-0.05, 0) is 61.9 Å². The molecule has 1 N–H and O–H groups in total. The summed E-state index contributed by atoms with van der Waals surface area (Å²) in [5.74, 6) is 0.603. The fourth-order valence-electron chi connectivity index (χ4n) is 2.43. The average Bonchev–Trinajstić information content (AvgIpc) is 2.41. The van der Waals surface area contributed by atoms with Crippen molar-refractivity contribution in [3.05, 3.63) is 63.4 Å². The van der Waals surface area contributed by atoms with Gasteiger partial charge in [-0.2, -0.15) is 0 Å². The van der Waals surface area contributed by atoms with Crippen LogP contribution in [-0.2, 0) is 0 Å². The smallest absolute Gasteiger partial charge is 0.123 e. The molecule has 0 amide bonds. The van der Waals surface area contributed by atoms with Gasteiger partial charge in [-0.25, -0.2) is 4.39 Å². The summed E-state index contributed by atoms with van der Waals surface area (Å²) in [4.78, 5) is 0. The van der Waals surface area contributed by atoms with Crippen molar-refractivity contribution >= 4 is 15.9 Å². The fraction of sp³-hybridized carbons (Fsp3) is 0.294. The molecular weight excluding hydrogens is 333 g/mol. The quantitative estimate of drug-likeness (QED) is 0.849. The van der Waals surface area contributed by atoms with Crippen LogP contribution in [0.2, 0.25) is 0 Å². The first kappa shape index (κ1) is 16.0. The third kappa shape index (κ3) is 3.83. The zero-order valence-corrected chi connectivity index (χ0v) is 14.0. The molecule has 0 aliphatic heterocycles. The van der Waals surface area contributed by atoms with Crippen LogP contribution in [0.25, 0.3) is 0 Å². The number of hydrogen-bond acceptors (Lipinski definition) is 2. The molecule has 0 spiro atoms. The minimum Gasteiger partial charge on any atom is -0.494 e. The highest BCUT2D eigenvalue weighted by Crippen LogP contribution is 2.32. The predicted molar refractivity (Wildman–Crippen MR) is 87.4 cm³/mol. The van der Waals surface area contributed by atoms with Crippen LogP contribution in [-0.4, -0.2) is 13.7 Å². The maximum absolute atomic E-state index is 13.6. The summed E-state index contributed by atoms with van der Waals surface area (Å²) >= 11 is 3.58. The molecule has 21 heavy (non-hydrogen) atoms. The Labute approximate surface area is 133 Å². The van der Waals surface area contributed by atoms with E-state index in [0.717, 1.165) is 26.9 Å². The molecule has 0 heterocycles. The SMILES string of the molecule is CCOc1ccc(C(NC)c2cc(C)cc(F)c2)c(Br)c1. The third-order valence-corrected chi connectivity index (χ3v) is 3.97. The van der Waals surface area contributed by atoms with Crippen molar-refractivity contribution in [2.45, 2.75) is 19.9 Å². The van der Waals surface area contributed by atoms with E-state index < -0.39 is 0 Å². The van der Waals surface area contributed by atoms with Gasteiger partial charge in [0.15, 0.2) is 0 Å². The zero-order valence-electron chi connectivity index (χ0n) is 12.4. The summed E-state index contributed by atoms with van der Waals surface area (Å²) in [5.41, 5.74) is 2.86. The summed E-state index contributed by atoms with van der Waals surface area (Å²) in [7, 11) is 1.87. The predicted octanol–water partition coefficient (Wildman–Crippen LogP) is 4.60. The standard InChI is InChI=1S/C17H19BrFNO/c1-4-21-14-5-6-15(16(18)10-14)17(20-3)12-7-11(2)8-13(19)9-12/h5-10,17,20H,4H2,1-3H3. The molecule has 1 unspecified atom stereocenters. The van der Waals surface area contributed by atoms with E-state index in [2.05, 4.69) is 21.2 Å². The van der Waals surface area contributed by atoms with Gasteiger partial charge in [0.1, 0.15) is 11.6 Å². The van der Waals surface area contributed by atoms with Crippen molar-refractivity contribution < 1.29 is 9.13 Å². The van der Waals surface area contributed by atoms with E-state index >= 15 is 0 Å². The van der Waals surface area contributed by atoms with E-state index in [4.69, 9.17) is 4.74 Å². The van der Waals surface area contributed by atoms with E-state index in [1.807, 2.05) is 45.2 Å². The Hall–Kier alpha value is -1.39. The molecule has 0 aliphatic carbocycles. The molecule has 112 valence electrons. The molecule has 0 fully saturated rings. The van der Waals surface area contributed by atoms with Crippen LogP contribution in [0, 0.1) is 12.7 Å². The maximum Gasteiger partial charge on any atom is 0.123 e. The topological polar surface area (TPSA) is 21.3 Å². The van der Waals surface area contributed by atoms with Gasteiger partial charge in [-0.1, -0.05) is 28.1 Å². The number of benzene rings is 2. The van der Waals surface area contributed by atoms with E-state index in [1.54, 1.807) is 6.07 Å². The fourth-order valence-corrected chi connectivity index (χ4v) is 3.02. The lowest BCUT2D eigenvalue weighted by atomic mass is 9.97. The highest BCUT2D eigenvalue weighted by atomic mass is 79.9. The van der Waals surface area contributed by atoms with E-state index in [0.29, 0.717) is 6.61 Å². The average molecular weight is 352 g/mol. The molecule has 2 aromatic rings. The van der Waals surface area contributed by atoms with Gasteiger partial charge < -0.3 is 10.1 Å². The number of nitrogens with one attached hydrogen (secondary N) is 1. The molecule has 0 saturated heterocycles. The lowest BCUT2D eigenvalue weighted by molar-refractivity contribution is 0.340.